The first-order chi connectivity index (χ1) is 9.19. The van der Waals surface area contributed by atoms with Crippen LogP contribution in [-0.4, -0.2) is 51.3 Å². The molecule has 1 fully saturated rings. The largest absolute Gasteiger partial charge is 0.496 e. The Kier molecular flexibility index (Phi) is 5.13. The maximum Gasteiger partial charge on any atom is 0.123 e. The van der Waals surface area contributed by atoms with Crippen molar-refractivity contribution in [3.63, 3.8) is 0 Å². The fourth-order valence-electron chi connectivity index (χ4n) is 2.39. The summed E-state index contributed by atoms with van der Waals surface area (Å²) in [4.78, 5) is 2.31. The van der Waals surface area contributed by atoms with E-state index in [-0.39, 0.29) is 5.82 Å². The third-order valence-electron chi connectivity index (χ3n) is 3.41. The highest BCUT2D eigenvalue weighted by Gasteiger charge is 2.15. The van der Waals surface area contributed by atoms with E-state index in [1.807, 2.05) is 0 Å². The summed E-state index contributed by atoms with van der Waals surface area (Å²) in [5, 5.41) is 6.82. The van der Waals surface area contributed by atoms with Crippen molar-refractivity contribution in [2.45, 2.75) is 12.6 Å². The van der Waals surface area contributed by atoms with Crippen LogP contribution in [0, 0.1) is 5.82 Å². The quantitative estimate of drug-likeness (QED) is 0.828. The van der Waals surface area contributed by atoms with Crippen molar-refractivity contribution < 1.29 is 9.13 Å². The number of hydrogen-bond acceptors (Lipinski definition) is 4. The van der Waals surface area contributed by atoms with Crippen molar-refractivity contribution in [3.8, 4) is 5.75 Å². The van der Waals surface area contributed by atoms with Gasteiger partial charge < -0.3 is 20.3 Å². The molecule has 0 aliphatic carbocycles. The van der Waals surface area contributed by atoms with Gasteiger partial charge >= 0.3 is 0 Å². The third kappa shape index (κ3) is 4.16. The molecule has 0 amide bonds. The molecule has 5 heteroatoms. The van der Waals surface area contributed by atoms with Crippen LogP contribution in [-0.2, 0) is 6.54 Å². The Hall–Kier alpha value is -1.17. The van der Waals surface area contributed by atoms with Crippen LogP contribution in [0.3, 0.4) is 0 Å². The minimum atomic E-state index is -0.229. The van der Waals surface area contributed by atoms with Gasteiger partial charge in [0.05, 0.1) is 7.11 Å². The summed E-state index contributed by atoms with van der Waals surface area (Å²) in [5.74, 6) is 0.496. The molecule has 0 bridgehead atoms. The zero-order chi connectivity index (χ0) is 13.7. The molecule has 19 heavy (non-hydrogen) atoms. The van der Waals surface area contributed by atoms with Crippen LogP contribution in [0.2, 0.25) is 0 Å². The van der Waals surface area contributed by atoms with E-state index in [1.54, 1.807) is 13.2 Å². The zero-order valence-corrected chi connectivity index (χ0v) is 11.6. The predicted molar refractivity (Wildman–Crippen MR) is 73.9 cm³/mol. The minimum Gasteiger partial charge on any atom is -0.496 e. The lowest BCUT2D eigenvalue weighted by Crippen LogP contribution is -2.52. The van der Waals surface area contributed by atoms with Crippen molar-refractivity contribution in [1.82, 2.24) is 15.5 Å². The van der Waals surface area contributed by atoms with Crippen molar-refractivity contribution in [2.75, 3.05) is 40.3 Å². The van der Waals surface area contributed by atoms with Gasteiger partial charge in [0, 0.05) is 44.3 Å². The smallest absolute Gasteiger partial charge is 0.123 e. The first-order valence-corrected chi connectivity index (χ1v) is 6.64. The number of hydrogen-bond donors (Lipinski definition) is 2. The monoisotopic (exact) mass is 267 g/mol. The van der Waals surface area contributed by atoms with Crippen molar-refractivity contribution in [3.05, 3.63) is 29.6 Å². The average molecular weight is 267 g/mol. The summed E-state index contributed by atoms with van der Waals surface area (Å²) in [6, 6.07) is 5.05. The molecule has 4 nitrogen and oxygen atoms in total. The maximum absolute atomic E-state index is 13.2. The third-order valence-corrected chi connectivity index (χ3v) is 3.41. The van der Waals surface area contributed by atoms with E-state index in [9.17, 15) is 4.39 Å². The van der Waals surface area contributed by atoms with Gasteiger partial charge in [0.15, 0.2) is 0 Å². The summed E-state index contributed by atoms with van der Waals surface area (Å²) in [5.41, 5.74) is 0.853. The van der Waals surface area contributed by atoms with Gasteiger partial charge in [-0.3, -0.25) is 0 Å². The summed E-state index contributed by atoms with van der Waals surface area (Å²) in [6.45, 7) is 4.63. The van der Waals surface area contributed by atoms with Crippen LogP contribution in [0.4, 0.5) is 4.39 Å². The van der Waals surface area contributed by atoms with Crippen LogP contribution in [0.5, 0.6) is 5.75 Å². The Morgan fingerprint density at radius 2 is 2.37 bits per heavy atom. The number of methoxy groups -OCH3 is 1. The first kappa shape index (κ1) is 14.2. The summed E-state index contributed by atoms with van der Waals surface area (Å²) in [7, 11) is 3.73. The zero-order valence-electron chi connectivity index (χ0n) is 11.6. The van der Waals surface area contributed by atoms with Gasteiger partial charge in [-0.1, -0.05) is 0 Å². The summed E-state index contributed by atoms with van der Waals surface area (Å²) >= 11 is 0. The molecule has 1 aliphatic rings. The van der Waals surface area contributed by atoms with E-state index in [0.717, 1.165) is 37.5 Å². The van der Waals surface area contributed by atoms with E-state index < -0.39 is 0 Å². The maximum atomic E-state index is 13.2. The van der Waals surface area contributed by atoms with Crippen LogP contribution in [0.1, 0.15) is 5.56 Å². The number of nitrogens with one attached hydrogen (secondary N) is 2. The van der Waals surface area contributed by atoms with Gasteiger partial charge in [-0.2, -0.15) is 0 Å². The highest BCUT2D eigenvalue weighted by Crippen LogP contribution is 2.18. The van der Waals surface area contributed by atoms with Gasteiger partial charge in [-0.05, 0) is 25.2 Å². The van der Waals surface area contributed by atoms with Crippen LogP contribution in [0.25, 0.3) is 0 Å². The molecule has 1 aromatic rings. The molecule has 1 aliphatic heterocycles. The van der Waals surface area contributed by atoms with Crippen molar-refractivity contribution >= 4 is 0 Å². The number of rotatable bonds is 5. The predicted octanol–water partition coefficient (Wildman–Crippen LogP) is 0.827. The molecule has 0 spiro atoms. The van der Waals surface area contributed by atoms with Gasteiger partial charge in [0.2, 0.25) is 0 Å². The van der Waals surface area contributed by atoms with Gasteiger partial charge in [-0.25, -0.2) is 4.39 Å². The second-order valence-electron chi connectivity index (χ2n) is 5.00. The minimum absolute atomic E-state index is 0.229. The van der Waals surface area contributed by atoms with E-state index in [2.05, 4.69) is 22.6 Å². The molecule has 1 unspecified atom stereocenters. The lowest BCUT2D eigenvalue weighted by atomic mass is 10.1. The Morgan fingerprint density at radius 1 is 1.53 bits per heavy atom. The SMILES string of the molecule is COc1ccc(F)cc1CNCC1CN(C)CCN1. The Bertz CT molecular complexity index is 414. The normalized spacial score (nSPS) is 20.5. The molecule has 1 saturated heterocycles. The Morgan fingerprint density at radius 3 is 3.11 bits per heavy atom. The van der Waals surface area contributed by atoms with E-state index in [4.69, 9.17) is 4.74 Å². The number of benzene rings is 1. The molecular weight excluding hydrogens is 245 g/mol. The average Bonchev–Trinajstić information content (AvgIpc) is 2.39. The number of piperazine rings is 1. The molecule has 1 aromatic carbocycles. The van der Waals surface area contributed by atoms with E-state index >= 15 is 0 Å². The molecule has 0 saturated carbocycles. The molecule has 1 atom stereocenters. The van der Waals surface area contributed by atoms with E-state index in [0.29, 0.717) is 12.6 Å². The second-order valence-corrected chi connectivity index (χ2v) is 5.00. The van der Waals surface area contributed by atoms with Gasteiger partial charge in [-0.15, -0.1) is 0 Å². The van der Waals surface area contributed by atoms with Crippen molar-refractivity contribution in [2.24, 2.45) is 0 Å². The van der Waals surface area contributed by atoms with Crippen LogP contribution < -0.4 is 15.4 Å². The van der Waals surface area contributed by atoms with Gasteiger partial charge in [0.1, 0.15) is 11.6 Å². The number of ether oxygens (including phenoxy) is 1. The number of halogens is 1. The molecule has 2 rings (SSSR count). The first-order valence-electron chi connectivity index (χ1n) is 6.64. The second kappa shape index (κ2) is 6.84. The topological polar surface area (TPSA) is 36.5 Å². The van der Waals surface area contributed by atoms with E-state index in [1.165, 1.54) is 12.1 Å². The molecule has 0 aromatic heterocycles. The highest BCUT2D eigenvalue weighted by molar-refractivity contribution is 5.33. The summed E-state index contributed by atoms with van der Waals surface area (Å²) < 4.78 is 18.4. The summed E-state index contributed by atoms with van der Waals surface area (Å²) in [6.07, 6.45) is 0. The standard InChI is InChI=1S/C14H22FN3O/c1-18-6-5-17-13(10-18)9-16-8-11-7-12(15)3-4-14(11)19-2/h3-4,7,13,16-17H,5-6,8-10H2,1-2H3. The van der Waals surface area contributed by atoms with Gasteiger partial charge in [0.25, 0.3) is 0 Å². The fourth-order valence-corrected chi connectivity index (χ4v) is 2.39. The number of nitrogens with zero attached hydrogens (tertiary/aromatic N) is 1. The molecule has 106 valence electrons. The molecule has 1 heterocycles. The van der Waals surface area contributed by atoms with Crippen molar-refractivity contribution in [1.29, 1.82) is 0 Å². The Labute approximate surface area is 113 Å². The lowest BCUT2D eigenvalue weighted by Gasteiger charge is -2.31. The number of likely N-dealkylation sites (N-methyl/N-ethyl adjacent to an activating group) is 1. The highest BCUT2D eigenvalue weighted by atomic mass is 19.1. The fraction of sp³-hybridized carbons (Fsp3) is 0.571. The lowest BCUT2D eigenvalue weighted by molar-refractivity contribution is 0.234. The Balaban J connectivity index is 1.83. The molecule has 0 radical (unpaired) electrons. The molecule has 2 N–H and O–H groups in total. The molecular formula is C14H22FN3O. The van der Waals surface area contributed by atoms with Crippen LogP contribution >= 0.6 is 0 Å². The van der Waals surface area contributed by atoms with Crippen LogP contribution in [0.15, 0.2) is 18.2 Å².